The number of aromatic nitrogens is 2. The fourth-order valence-corrected chi connectivity index (χ4v) is 2.64. The van der Waals surface area contributed by atoms with E-state index < -0.39 is 0 Å². The van der Waals surface area contributed by atoms with Crippen molar-refractivity contribution in [2.75, 3.05) is 0 Å². The molecule has 2 aromatic carbocycles. The van der Waals surface area contributed by atoms with E-state index in [0.717, 1.165) is 14.5 Å². The van der Waals surface area contributed by atoms with Crippen LogP contribution in [0.4, 0.5) is 0 Å². The summed E-state index contributed by atoms with van der Waals surface area (Å²) >= 11 is 4.90. The molecule has 0 radical (unpaired) electrons. The molecular weight excluding hydrogens is 308 g/mol. The molecule has 88 valence electrons. The molecule has 18 heavy (non-hydrogen) atoms. The molecule has 0 aliphatic heterocycles. The van der Waals surface area contributed by atoms with E-state index in [4.69, 9.17) is 0 Å². The minimum atomic E-state index is 0.758. The summed E-state index contributed by atoms with van der Waals surface area (Å²) in [5, 5.41) is 3.24. The highest BCUT2D eigenvalue weighted by Gasteiger charge is 2.01. The zero-order valence-electron chi connectivity index (χ0n) is 9.38. The van der Waals surface area contributed by atoms with Crippen LogP contribution in [0.1, 0.15) is 0 Å². The molecule has 3 rings (SSSR count). The third-order valence-corrected chi connectivity index (χ3v) is 3.82. The summed E-state index contributed by atoms with van der Waals surface area (Å²) in [7, 11) is 0. The lowest BCUT2D eigenvalue weighted by atomic mass is 10.1. The van der Waals surface area contributed by atoms with Gasteiger partial charge in [-0.25, -0.2) is 9.97 Å². The number of hydrogen-bond donors (Lipinski definition) is 0. The molecule has 0 amide bonds. The third kappa shape index (κ3) is 2.54. The van der Waals surface area contributed by atoms with Gasteiger partial charge in [0.25, 0.3) is 0 Å². The van der Waals surface area contributed by atoms with Gasteiger partial charge in [0.05, 0.1) is 4.47 Å². The van der Waals surface area contributed by atoms with Crippen LogP contribution in [0.2, 0.25) is 0 Å². The highest BCUT2D eigenvalue weighted by atomic mass is 79.9. The number of rotatable bonds is 2. The van der Waals surface area contributed by atoms with Crippen LogP contribution in [-0.4, -0.2) is 9.97 Å². The predicted octanol–water partition coefficient (Wildman–Crippen LogP) is 4.54. The second-order valence-corrected chi connectivity index (χ2v) is 5.75. The Balaban J connectivity index is 1.92. The summed E-state index contributed by atoms with van der Waals surface area (Å²) in [4.78, 5) is 9.67. The van der Waals surface area contributed by atoms with Crippen molar-refractivity contribution in [1.82, 2.24) is 9.97 Å². The molecule has 0 unspecified atom stereocenters. The quantitative estimate of drug-likeness (QED) is 0.649. The molecular formula is C14H9BrN2S. The van der Waals surface area contributed by atoms with Crippen LogP contribution >= 0.6 is 27.7 Å². The van der Waals surface area contributed by atoms with Gasteiger partial charge < -0.3 is 0 Å². The molecule has 0 saturated heterocycles. The fourth-order valence-electron chi connectivity index (χ4n) is 1.69. The Morgan fingerprint density at radius 3 is 2.39 bits per heavy atom. The van der Waals surface area contributed by atoms with Gasteiger partial charge in [0.15, 0.2) is 5.16 Å². The van der Waals surface area contributed by atoms with Crippen LogP contribution in [0.5, 0.6) is 0 Å². The molecule has 0 aliphatic carbocycles. The molecule has 0 bridgehead atoms. The second kappa shape index (κ2) is 5.08. The Morgan fingerprint density at radius 1 is 0.889 bits per heavy atom. The highest BCUT2D eigenvalue weighted by Crippen LogP contribution is 2.27. The molecule has 0 saturated carbocycles. The van der Waals surface area contributed by atoms with Gasteiger partial charge in [-0.3, -0.25) is 0 Å². The summed E-state index contributed by atoms with van der Waals surface area (Å²) < 4.78 is 0.894. The molecule has 3 aromatic rings. The zero-order chi connectivity index (χ0) is 12.4. The minimum absolute atomic E-state index is 0.758. The van der Waals surface area contributed by atoms with E-state index in [0.29, 0.717) is 0 Å². The Morgan fingerprint density at radius 2 is 1.61 bits per heavy atom. The maximum absolute atomic E-state index is 4.26. The first kappa shape index (κ1) is 11.7. The largest absolute Gasteiger partial charge is 0.230 e. The fraction of sp³-hybridized carbons (Fsp3) is 0. The zero-order valence-corrected chi connectivity index (χ0v) is 11.8. The van der Waals surface area contributed by atoms with E-state index in [1.165, 1.54) is 10.8 Å². The van der Waals surface area contributed by atoms with Crippen LogP contribution in [0.25, 0.3) is 10.8 Å². The first-order chi connectivity index (χ1) is 8.81. The van der Waals surface area contributed by atoms with E-state index in [9.17, 15) is 0 Å². The second-order valence-electron chi connectivity index (χ2n) is 3.79. The molecule has 2 nitrogen and oxygen atoms in total. The molecule has 1 heterocycles. The van der Waals surface area contributed by atoms with Crippen LogP contribution in [0.15, 0.2) is 69.4 Å². The lowest BCUT2D eigenvalue weighted by Gasteiger charge is -2.02. The van der Waals surface area contributed by atoms with E-state index in [-0.39, 0.29) is 0 Å². The Labute approximate surface area is 118 Å². The van der Waals surface area contributed by atoms with Crippen LogP contribution in [-0.2, 0) is 0 Å². The SMILES string of the molecule is Brc1cnc(Sc2ccc3ccccc3c2)nc1. The van der Waals surface area contributed by atoms with Crippen molar-refractivity contribution in [1.29, 1.82) is 0 Å². The summed E-state index contributed by atoms with van der Waals surface area (Å²) in [6.45, 7) is 0. The maximum atomic E-state index is 4.26. The normalized spacial score (nSPS) is 10.7. The summed E-state index contributed by atoms with van der Waals surface area (Å²) in [5.41, 5.74) is 0. The summed E-state index contributed by atoms with van der Waals surface area (Å²) in [6, 6.07) is 14.7. The molecule has 0 atom stereocenters. The van der Waals surface area contributed by atoms with E-state index in [1.807, 2.05) is 12.1 Å². The average Bonchev–Trinajstić information content (AvgIpc) is 2.41. The molecule has 4 heteroatoms. The number of halogens is 1. The Bertz CT molecular complexity index is 683. The minimum Gasteiger partial charge on any atom is -0.230 e. The lowest BCUT2D eigenvalue weighted by molar-refractivity contribution is 0.958. The van der Waals surface area contributed by atoms with Crippen molar-refractivity contribution in [3.8, 4) is 0 Å². The van der Waals surface area contributed by atoms with Gasteiger partial charge >= 0.3 is 0 Å². The van der Waals surface area contributed by atoms with Crippen molar-refractivity contribution >= 4 is 38.5 Å². The molecule has 0 aliphatic rings. The predicted molar refractivity (Wildman–Crippen MR) is 77.8 cm³/mol. The summed E-state index contributed by atoms with van der Waals surface area (Å²) in [5.74, 6) is 0. The van der Waals surface area contributed by atoms with Crippen molar-refractivity contribution in [3.05, 3.63) is 59.3 Å². The van der Waals surface area contributed by atoms with Gasteiger partial charge in [-0.15, -0.1) is 0 Å². The van der Waals surface area contributed by atoms with E-state index >= 15 is 0 Å². The number of fused-ring (bicyclic) bond motifs is 1. The van der Waals surface area contributed by atoms with Gasteiger partial charge in [-0.05, 0) is 50.6 Å². The lowest BCUT2D eigenvalue weighted by Crippen LogP contribution is -1.84. The topological polar surface area (TPSA) is 25.8 Å². The van der Waals surface area contributed by atoms with Gasteiger partial charge in [0.1, 0.15) is 0 Å². The van der Waals surface area contributed by atoms with Gasteiger partial charge in [-0.1, -0.05) is 30.3 Å². The Hall–Kier alpha value is -1.39. The Kier molecular flexibility index (Phi) is 3.30. The van der Waals surface area contributed by atoms with Crippen LogP contribution < -0.4 is 0 Å². The first-order valence-corrected chi connectivity index (χ1v) is 7.06. The van der Waals surface area contributed by atoms with Gasteiger partial charge in [-0.2, -0.15) is 0 Å². The number of nitrogens with zero attached hydrogens (tertiary/aromatic N) is 2. The van der Waals surface area contributed by atoms with Gasteiger partial charge in [0.2, 0.25) is 0 Å². The first-order valence-electron chi connectivity index (χ1n) is 5.45. The number of hydrogen-bond acceptors (Lipinski definition) is 3. The van der Waals surface area contributed by atoms with Gasteiger partial charge in [0, 0.05) is 17.3 Å². The average molecular weight is 317 g/mol. The van der Waals surface area contributed by atoms with E-state index in [2.05, 4.69) is 56.2 Å². The molecule has 0 fully saturated rings. The van der Waals surface area contributed by atoms with Crippen molar-refractivity contribution in [2.45, 2.75) is 10.1 Å². The van der Waals surface area contributed by atoms with Crippen molar-refractivity contribution in [3.63, 3.8) is 0 Å². The van der Waals surface area contributed by atoms with Crippen LogP contribution in [0, 0.1) is 0 Å². The standard InChI is InChI=1S/C14H9BrN2S/c15-12-8-16-14(17-9-12)18-13-6-5-10-3-1-2-4-11(10)7-13/h1-9H. The summed E-state index contributed by atoms with van der Waals surface area (Å²) in [6.07, 6.45) is 3.52. The smallest absolute Gasteiger partial charge is 0.192 e. The van der Waals surface area contributed by atoms with E-state index in [1.54, 1.807) is 24.2 Å². The van der Waals surface area contributed by atoms with Crippen LogP contribution in [0.3, 0.4) is 0 Å². The third-order valence-electron chi connectivity index (χ3n) is 2.53. The molecule has 0 spiro atoms. The highest BCUT2D eigenvalue weighted by molar-refractivity contribution is 9.10. The molecule has 0 N–H and O–H groups in total. The molecule has 1 aromatic heterocycles. The van der Waals surface area contributed by atoms with Crippen molar-refractivity contribution < 1.29 is 0 Å². The maximum Gasteiger partial charge on any atom is 0.192 e. The van der Waals surface area contributed by atoms with Crippen molar-refractivity contribution in [2.24, 2.45) is 0 Å². The number of benzene rings is 2. The monoisotopic (exact) mass is 316 g/mol.